The smallest absolute Gasteiger partial charge is 0.330 e. The van der Waals surface area contributed by atoms with Crippen LogP contribution in [0.5, 0.6) is 0 Å². The van der Waals surface area contributed by atoms with E-state index in [9.17, 15) is 29.8 Å². The molecule has 3 rings (SSSR count). The second-order valence-electron chi connectivity index (χ2n) is 7.70. The molecule has 1 aliphatic rings. The van der Waals surface area contributed by atoms with Gasteiger partial charge in [-0.05, 0) is 35.4 Å². The van der Waals surface area contributed by atoms with Gasteiger partial charge in [-0.2, -0.15) is 0 Å². The van der Waals surface area contributed by atoms with Gasteiger partial charge >= 0.3 is 11.9 Å². The van der Waals surface area contributed by atoms with E-state index < -0.39 is 21.8 Å². The zero-order valence-corrected chi connectivity index (χ0v) is 19.7. The van der Waals surface area contributed by atoms with Gasteiger partial charge < -0.3 is 19.3 Å². The highest BCUT2D eigenvalue weighted by molar-refractivity contribution is 5.88. The first-order valence-corrected chi connectivity index (χ1v) is 10.8. The summed E-state index contributed by atoms with van der Waals surface area (Å²) in [4.78, 5) is 48.7. The SMILES string of the molecule is COC(=O)/C=C/c1ccc(N2CCN(c3ccc(/C=C/C(=O)OC)cc3[N+](=O)[O-])CC2)c([N+](=O)[O-])c1. The Bertz CT molecular complexity index is 1140. The van der Waals surface area contributed by atoms with Crippen LogP contribution in [0.25, 0.3) is 12.2 Å². The van der Waals surface area contributed by atoms with E-state index >= 15 is 0 Å². The van der Waals surface area contributed by atoms with Crippen molar-refractivity contribution in [3.8, 4) is 0 Å². The van der Waals surface area contributed by atoms with Crippen LogP contribution in [0.1, 0.15) is 11.1 Å². The van der Waals surface area contributed by atoms with Gasteiger partial charge in [0.2, 0.25) is 0 Å². The number of carbonyl (C=O) groups is 2. The Hall–Kier alpha value is -4.74. The quantitative estimate of drug-likeness (QED) is 0.231. The Morgan fingerprint density at radius 2 is 1.11 bits per heavy atom. The molecule has 2 aromatic carbocycles. The minimum atomic E-state index is -0.570. The molecular formula is C24H24N4O8. The van der Waals surface area contributed by atoms with Gasteiger partial charge in [-0.15, -0.1) is 0 Å². The van der Waals surface area contributed by atoms with Crippen molar-refractivity contribution in [3.05, 3.63) is 79.9 Å². The lowest BCUT2D eigenvalue weighted by Gasteiger charge is -2.36. The maximum Gasteiger partial charge on any atom is 0.330 e. The van der Waals surface area contributed by atoms with E-state index in [0.717, 1.165) is 0 Å². The molecule has 0 unspecified atom stereocenters. The van der Waals surface area contributed by atoms with Crippen molar-refractivity contribution in [1.82, 2.24) is 0 Å². The van der Waals surface area contributed by atoms with Crippen LogP contribution in [0, 0.1) is 20.2 Å². The highest BCUT2D eigenvalue weighted by atomic mass is 16.6. The second kappa shape index (κ2) is 11.6. The van der Waals surface area contributed by atoms with Crippen molar-refractivity contribution < 1.29 is 28.9 Å². The third-order valence-corrected chi connectivity index (χ3v) is 5.58. The van der Waals surface area contributed by atoms with Crippen LogP contribution in [0.4, 0.5) is 22.7 Å². The van der Waals surface area contributed by atoms with Crippen molar-refractivity contribution in [2.24, 2.45) is 0 Å². The van der Waals surface area contributed by atoms with Crippen molar-refractivity contribution in [3.63, 3.8) is 0 Å². The van der Waals surface area contributed by atoms with Crippen molar-refractivity contribution >= 4 is 46.8 Å². The molecule has 1 heterocycles. The number of methoxy groups -OCH3 is 2. The first-order valence-electron chi connectivity index (χ1n) is 10.8. The third-order valence-electron chi connectivity index (χ3n) is 5.58. The first kappa shape index (κ1) is 25.9. The Morgan fingerprint density at radius 3 is 1.42 bits per heavy atom. The summed E-state index contributed by atoms with van der Waals surface area (Å²) < 4.78 is 9.07. The van der Waals surface area contributed by atoms with Crippen molar-refractivity contribution in [2.45, 2.75) is 0 Å². The lowest BCUT2D eigenvalue weighted by molar-refractivity contribution is -0.384. The molecule has 0 saturated carbocycles. The molecule has 1 saturated heterocycles. The van der Waals surface area contributed by atoms with Crippen molar-refractivity contribution in [2.75, 3.05) is 50.2 Å². The maximum absolute atomic E-state index is 11.7. The largest absolute Gasteiger partial charge is 0.466 e. The van der Waals surface area contributed by atoms with Crippen LogP contribution >= 0.6 is 0 Å². The average molecular weight is 496 g/mol. The fourth-order valence-corrected chi connectivity index (χ4v) is 3.77. The number of rotatable bonds is 8. The molecule has 0 N–H and O–H groups in total. The predicted molar refractivity (Wildman–Crippen MR) is 133 cm³/mol. The number of nitro benzene ring substituents is 2. The number of esters is 2. The Labute approximate surface area is 206 Å². The molecular weight excluding hydrogens is 472 g/mol. The van der Waals surface area contributed by atoms with Gasteiger partial charge in [-0.25, -0.2) is 9.59 Å². The highest BCUT2D eigenvalue weighted by Gasteiger charge is 2.27. The van der Waals surface area contributed by atoms with Gasteiger partial charge in [0.15, 0.2) is 0 Å². The summed E-state index contributed by atoms with van der Waals surface area (Å²) in [5, 5.41) is 23.4. The number of carbonyl (C=O) groups excluding carboxylic acids is 2. The van der Waals surface area contributed by atoms with Crippen LogP contribution in [0.15, 0.2) is 48.6 Å². The minimum absolute atomic E-state index is 0.108. The molecule has 0 aromatic heterocycles. The average Bonchev–Trinajstić information content (AvgIpc) is 2.90. The van der Waals surface area contributed by atoms with Crippen LogP contribution in [-0.2, 0) is 19.1 Å². The molecule has 0 aliphatic carbocycles. The maximum atomic E-state index is 11.7. The van der Waals surface area contributed by atoms with Gasteiger partial charge in [-0.1, -0.05) is 12.1 Å². The van der Waals surface area contributed by atoms with Gasteiger partial charge in [0.25, 0.3) is 11.4 Å². The summed E-state index contributed by atoms with van der Waals surface area (Å²) in [5.74, 6) is -1.14. The number of hydrogen-bond donors (Lipinski definition) is 0. The van der Waals surface area contributed by atoms with Gasteiger partial charge in [-0.3, -0.25) is 20.2 Å². The molecule has 1 fully saturated rings. The van der Waals surface area contributed by atoms with E-state index in [1.165, 1.54) is 50.7 Å². The molecule has 0 spiro atoms. The zero-order chi connectivity index (χ0) is 26.2. The molecule has 188 valence electrons. The Balaban J connectivity index is 1.78. The van der Waals surface area contributed by atoms with Crippen molar-refractivity contribution in [1.29, 1.82) is 0 Å². The normalized spacial score (nSPS) is 13.7. The lowest BCUT2D eigenvalue weighted by Crippen LogP contribution is -2.46. The lowest BCUT2D eigenvalue weighted by atomic mass is 10.1. The van der Waals surface area contributed by atoms with Crippen LogP contribution in [0.2, 0.25) is 0 Å². The van der Waals surface area contributed by atoms with E-state index in [2.05, 4.69) is 9.47 Å². The highest BCUT2D eigenvalue weighted by Crippen LogP contribution is 2.34. The minimum Gasteiger partial charge on any atom is -0.466 e. The standard InChI is InChI=1S/C24H24N4O8/c1-35-23(29)9-5-17-3-7-19(21(15-17)27(31)32)25-11-13-26(14-12-25)20-8-4-18(6-10-24(30)36-2)16-22(20)28(33)34/h3-10,15-16H,11-14H2,1-2H3/b9-5+,10-6+. The fraction of sp³-hybridized carbons (Fsp3) is 0.250. The topological polar surface area (TPSA) is 145 Å². The van der Waals surface area contributed by atoms with E-state index in [-0.39, 0.29) is 11.4 Å². The van der Waals surface area contributed by atoms with Crippen LogP contribution < -0.4 is 9.80 Å². The summed E-state index contributed by atoms with van der Waals surface area (Å²) in [6.07, 6.45) is 5.23. The molecule has 0 atom stereocenters. The molecule has 36 heavy (non-hydrogen) atoms. The summed E-state index contributed by atoms with van der Waals surface area (Å²) in [5.41, 5.74) is 1.59. The summed E-state index contributed by atoms with van der Waals surface area (Å²) in [6, 6.07) is 9.34. The number of anilines is 2. The number of hydrogen-bond acceptors (Lipinski definition) is 10. The predicted octanol–water partition coefficient (Wildman–Crippen LogP) is 3.20. The van der Waals surface area contributed by atoms with Crippen LogP contribution in [-0.4, -0.2) is 62.2 Å². The van der Waals surface area contributed by atoms with Gasteiger partial charge in [0.1, 0.15) is 11.4 Å². The number of ether oxygens (including phenoxy) is 2. The summed E-state index contributed by atoms with van der Waals surface area (Å²) in [6.45, 7) is 1.61. The summed E-state index contributed by atoms with van der Waals surface area (Å²) in [7, 11) is 2.48. The van der Waals surface area contributed by atoms with Gasteiger partial charge in [0.05, 0.1) is 24.1 Å². The Morgan fingerprint density at radius 1 is 0.750 bits per heavy atom. The molecule has 0 bridgehead atoms. The second-order valence-corrected chi connectivity index (χ2v) is 7.70. The van der Waals surface area contributed by atoms with Gasteiger partial charge in [0, 0.05) is 50.5 Å². The monoisotopic (exact) mass is 496 g/mol. The molecule has 12 nitrogen and oxygen atoms in total. The number of piperazine rings is 1. The molecule has 12 heteroatoms. The number of nitro groups is 2. The third kappa shape index (κ3) is 6.23. The fourth-order valence-electron chi connectivity index (χ4n) is 3.77. The summed E-state index contributed by atoms with van der Waals surface area (Å²) >= 11 is 0. The zero-order valence-electron chi connectivity index (χ0n) is 19.7. The van der Waals surface area contributed by atoms with E-state index in [0.29, 0.717) is 48.7 Å². The number of benzene rings is 2. The van der Waals surface area contributed by atoms with E-state index in [4.69, 9.17) is 0 Å². The van der Waals surface area contributed by atoms with Crippen LogP contribution in [0.3, 0.4) is 0 Å². The van der Waals surface area contributed by atoms with E-state index in [1.54, 1.807) is 24.3 Å². The van der Waals surface area contributed by atoms with E-state index in [1.807, 2.05) is 9.80 Å². The molecule has 0 radical (unpaired) electrons. The molecule has 1 aliphatic heterocycles. The molecule has 0 amide bonds. The first-order chi connectivity index (χ1) is 17.2. The molecule has 2 aromatic rings. The number of nitrogens with zero attached hydrogens (tertiary/aromatic N) is 4. The Kier molecular flexibility index (Phi) is 8.34.